The molecule has 0 N–H and O–H groups in total. The molecule has 0 atom stereocenters. The lowest BCUT2D eigenvalue weighted by Gasteiger charge is -2.02. The predicted molar refractivity (Wildman–Crippen MR) is 36.6 cm³/mol. The van der Waals surface area contributed by atoms with Gasteiger partial charge in [-0.15, -0.1) is 12.6 Å². The summed E-state index contributed by atoms with van der Waals surface area (Å²) in [5.74, 6) is 0. The first-order valence-corrected chi connectivity index (χ1v) is 3.73. The van der Waals surface area contributed by atoms with Crippen molar-refractivity contribution in [2.45, 2.75) is 11.1 Å². The zero-order valence-electron chi connectivity index (χ0n) is 4.64. The number of hydrogen-bond acceptors (Lipinski definition) is 2. The first-order chi connectivity index (χ1) is 4.52. The molecule has 1 heterocycles. The summed E-state index contributed by atoms with van der Waals surface area (Å²) in [5, 5.41) is 2.40. The fraction of sp³-hybridized carbons (Fsp3) is 0.200. The molecular formula is C5H3F3S2. The lowest BCUT2D eigenvalue weighted by Crippen LogP contribution is -2.03. The Kier molecular flexibility index (Phi) is 1.96. The molecule has 0 radical (unpaired) electrons. The van der Waals surface area contributed by atoms with Crippen molar-refractivity contribution in [3.8, 4) is 0 Å². The highest BCUT2D eigenvalue weighted by Crippen LogP contribution is 2.35. The van der Waals surface area contributed by atoms with E-state index in [9.17, 15) is 13.2 Å². The van der Waals surface area contributed by atoms with E-state index in [4.69, 9.17) is 0 Å². The fourth-order valence-electron chi connectivity index (χ4n) is 0.502. The van der Waals surface area contributed by atoms with Gasteiger partial charge in [0.15, 0.2) is 0 Å². The van der Waals surface area contributed by atoms with E-state index in [2.05, 4.69) is 12.6 Å². The Bertz CT molecular complexity index is 225. The zero-order valence-corrected chi connectivity index (χ0v) is 6.35. The molecule has 0 saturated heterocycles. The van der Waals surface area contributed by atoms with Gasteiger partial charge < -0.3 is 0 Å². The van der Waals surface area contributed by atoms with Gasteiger partial charge >= 0.3 is 6.18 Å². The third-order valence-corrected chi connectivity index (χ3v) is 2.24. The second kappa shape index (κ2) is 2.47. The minimum atomic E-state index is -4.25. The molecule has 0 unspecified atom stereocenters. The topological polar surface area (TPSA) is 0 Å². The summed E-state index contributed by atoms with van der Waals surface area (Å²) in [7, 11) is 0. The summed E-state index contributed by atoms with van der Waals surface area (Å²) in [5.41, 5.74) is -0.652. The molecule has 0 aromatic carbocycles. The number of thiophene rings is 1. The average Bonchev–Trinajstić information content (AvgIpc) is 2.11. The first-order valence-electron chi connectivity index (χ1n) is 2.34. The van der Waals surface area contributed by atoms with Crippen LogP contribution in [0.1, 0.15) is 5.56 Å². The van der Waals surface area contributed by atoms with Crippen LogP contribution in [0.4, 0.5) is 13.2 Å². The monoisotopic (exact) mass is 184 g/mol. The molecule has 0 nitrogen and oxygen atoms in total. The molecule has 0 aliphatic carbocycles. The van der Waals surface area contributed by atoms with Gasteiger partial charge in [0.2, 0.25) is 0 Å². The number of hydrogen-bond donors (Lipinski definition) is 1. The lowest BCUT2D eigenvalue weighted by molar-refractivity contribution is -0.139. The van der Waals surface area contributed by atoms with Crippen molar-refractivity contribution in [3.05, 3.63) is 16.3 Å². The van der Waals surface area contributed by atoms with Crippen molar-refractivity contribution in [1.29, 1.82) is 0 Å². The molecule has 0 aliphatic rings. The summed E-state index contributed by atoms with van der Waals surface area (Å²) < 4.78 is 35.5. The van der Waals surface area contributed by atoms with E-state index < -0.39 is 11.7 Å². The highest BCUT2D eigenvalue weighted by atomic mass is 32.1. The maximum absolute atomic E-state index is 11.8. The van der Waals surface area contributed by atoms with Crippen LogP contribution < -0.4 is 0 Å². The van der Waals surface area contributed by atoms with Gasteiger partial charge in [-0.2, -0.15) is 24.5 Å². The first kappa shape index (κ1) is 7.94. The van der Waals surface area contributed by atoms with Gasteiger partial charge in [-0.05, 0) is 0 Å². The molecule has 56 valence electrons. The Morgan fingerprint density at radius 3 is 2.10 bits per heavy atom. The van der Waals surface area contributed by atoms with Crippen LogP contribution in [-0.2, 0) is 6.18 Å². The number of thiol groups is 1. The van der Waals surface area contributed by atoms with Crippen LogP contribution in [-0.4, -0.2) is 0 Å². The molecule has 0 saturated carbocycles. The van der Waals surface area contributed by atoms with Crippen molar-refractivity contribution in [2.24, 2.45) is 0 Å². The molecule has 0 aliphatic heterocycles. The Morgan fingerprint density at radius 1 is 1.30 bits per heavy atom. The third kappa shape index (κ3) is 1.46. The van der Waals surface area contributed by atoms with Crippen LogP contribution >= 0.6 is 24.0 Å². The van der Waals surface area contributed by atoms with Gasteiger partial charge in [0.25, 0.3) is 0 Å². The normalized spacial score (nSPS) is 12.0. The van der Waals surface area contributed by atoms with Crippen LogP contribution in [0.5, 0.6) is 0 Å². The van der Waals surface area contributed by atoms with Crippen LogP contribution in [0.2, 0.25) is 0 Å². The predicted octanol–water partition coefficient (Wildman–Crippen LogP) is 3.06. The Morgan fingerprint density at radius 2 is 1.90 bits per heavy atom. The van der Waals surface area contributed by atoms with Crippen molar-refractivity contribution >= 4 is 24.0 Å². The summed E-state index contributed by atoms with van der Waals surface area (Å²) in [4.78, 5) is -0.00231. The van der Waals surface area contributed by atoms with Crippen molar-refractivity contribution in [1.82, 2.24) is 0 Å². The fourth-order valence-corrected chi connectivity index (χ4v) is 1.68. The van der Waals surface area contributed by atoms with Crippen LogP contribution in [0.25, 0.3) is 0 Å². The standard InChI is InChI=1S/C5H3F3S2/c6-5(7,8)3-1-10-2-4(3)9/h1-2,9H. The smallest absolute Gasteiger partial charge is 0.166 e. The third-order valence-electron chi connectivity index (χ3n) is 0.947. The van der Waals surface area contributed by atoms with Gasteiger partial charge in [-0.1, -0.05) is 0 Å². The van der Waals surface area contributed by atoms with Gasteiger partial charge in [0, 0.05) is 15.7 Å². The largest absolute Gasteiger partial charge is 0.418 e. The van der Waals surface area contributed by atoms with Gasteiger partial charge in [-0.25, -0.2) is 0 Å². The molecule has 10 heavy (non-hydrogen) atoms. The summed E-state index contributed by atoms with van der Waals surface area (Å²) in [6.45, 7) is 0. The van der Waals surface area contributed by atoms with E-state index in [-0.39, 0.29) is 4.90 Å². The molecule has 0 fully saturated rings. The summed E-state index contributed by atoms with van der Waals surface area (Å²) >= 11 is 4.63. The minimum absolute atomic E-state index is 0.00231. The van der Waals surface area contributed by atoms with E-state index in [0.29, 0.717) is 0 Å². The molecule has 1 aromatic heterocycles. The van der Waals surface area contributed by atoms with Crippen LogP contribution in [0.3, 0.4) is 0 Å². The Labute approximate surface area is 65.1 Å². The maximum Gasteiger partial charge on any atom is 0.418 e. The van der Waals surface area contributed by atoms with E-state index in [1.807, 2.05) is 0 Å². The highest BCUT2D eigenvalue weighted by molar-refractivity contribution is 7.80. The number of halogens is 3. The maximum atomic E-state index is 11.8. The minimum Gasteiger partial charge on any atom is -0.166 e. The SMILES string of the molecule is FC(F)(F)c1cscc1S. The van der Waals surface area contributed by atoms with E-state index in [1.165, 1.54) is 5.38 Å². The quantitative estimate of drug-likeness (QED) is 0.588. The number of rotatable bonds is 0. The van der Waals surface area contributed by atoms with Gasteiger partial charge in [0.05, 0.1) is 5.56 Å². The Hall–Kier alpha value is -0.160. The highest BCUT2D eigenvalue weighted by Gasteiger charge is 2.33. The van der Waals surface area contributed by atoms with Gasteiger partial charge in [0.1, 0.15) is 0 Å². The number of alkyl halides is 3. The molecule has 0 bridgehead atoms. The van der Waals surface area contributed by atoms with E-state index in [0.717, 1.165) is 16.7 Å². The van der Waals surface area contributed by atoms with Crippen LogP contribution in [0, 0.1) is 0 Å². The lowest BCUT2D eigenvalue weighted by atomic mass is 10.3. The Balaban J connectivity index is 3.05. The van der Waals surface area contributed by atoms with E-state index >= 15 is 0 Å². The van der Waals surface area contributed by atoms with E-state index in [1.54, 1.807) is 0 Å². The summed E-state index contributed by atoms with van der Waals surface area (Å²) in [6, 6.07) is 0. The second-order valence-corrected chi connectivity index (χ2v) is 2.89. The van der Waals surface area contributed by atoms with Gasteiger partial charge in [-0.3, -0.25) is 0 Å². The van der Waals surface area contributed by atoms with Crippen molar-refractivity contribution in [3.63, 3.8) is 0 Å². The van der Waals surface area contributed by atoms with Crippen molar-refractivity contribution in [2.75, 3.05) is 0 Å². The molecule has 1 aromatic rings. The van der Waals surface area contributed by atoms with Crippen molar-refractivity contribution < 1.29 is 13.2 Å². The average molecular weight is 184 g/mol. The molecule has 0 amide bonds. The summed E-state index contributed by atoms with van der Waals surface area (Å²) in [6.07, 6.45) is -4.25. The second-order valence-electron chi connectivity index (χ2n) is 1.67. The zero-order chi connectivity index (χ0) is 7.78. The molecular weight excluding hydrogens is 181 g/mol. The molecule has 0 spiro atoms. The van der Waals surface area contributed by atoms with Crippen LogP contribution in [0.15, 0.2) is 15.7 Å². The molecule has 1 rings (SSSR count). The molecule has 5 heteroatoms.